The molecule has 1 unspecified atom stereocenters. The van der Waals surface area contributed by atoms with Crippen molar-refractivity contribution < 1.29 is 22.5 Å². The van der Waals surface area contributed by atoms with E-state index in [0.29, 0.717) is 6.07 Å². The minimum atomic E-state index is -2.98. The Bertz CT molecular complexity index is 439. The van der Waals surface area contributed by atoms with Crippen molar-refractivity contribution in [1.29, 1.82) is 0 Å². The van der Waals surface area contributed by atoms with Crippen molar-refractivity contribution >= 4 is 5.69 Å². The average molecular weight is 252 g/mol. The number of hydrogen-bond acceptors (Lipinski definition) is 3. The van der Waals surface area contributed by atoms with Crippen LogP contribution in [-0.2, 0) is 0 Å². The third kappa shape index (κ3) is 2.70. The molecule has 0 saturated heterocycles. The highest BCUT2D eigenvalue weighted by Gasteiger charge is 2.27. The highest BCUT2D eigenvalue weighted by atomic mass is 19.3. The molecule has 0 fully saturated rings. The number of nitro benzene ring substituents is 1. The van der Waals surface area contributed by atoms with E-state index in [2.05, 4.69) is 0 Å². The van der Waals surface area contributed by atoms with Crippen LogP contribution in [0, 0.1) is 21.7 Å². The summed E-state index contributed by atoms with van der Waals surface area (Å²) in [5, 5.41) is 10.3. The first kappa shape index (κ1) is 13.4. The van der Waals surface area contributed by atoms with Gasteiger partial charge in [-0.25, -0.2) is 13.2 Å². The number of nitrogens with two attached hydrogens (primary N) is 1. The van der Waals surface area contributed by atoms with Crippen LogP contribution in [0.3, 0.4) is 0 Å². The number of alkyl halides is 2. The van der Waals surface area contributed by atoms with Crippen molar-refractivity contribution in [2.75, 3.05) is 6.54 Å². The van der Waals surface area contributed by atoms with E-state index in [1.54, 1.807) is 0 Å². The summed E-state index contributed by atoms with van der Waals surface area (Å²) < 4.78 is 51.4. The maximum atomic E-state index is 13.3. The van der Waals surface area contributed by atoms with Gasteiger partial charge in [0.2, 0.25) is 12.2 Å². The molecule has 0 aliphatic rings. The van der Waals surface area contributed by atoms with E-state index in [9.17, 15) is 27.7 Å². The number of nitro groups is 1. The zero-order valence-electron chi connectivity index (χ0n) is 8.37. The Kier molecular flexibility index (Phi) is 4.00. The summed E-state index contributed by atoms with van der Waals surface area (Å²) in [7, 11) is 0. The zero-order valence-corrected chi connectivity index (χ0v) is 8.37. The van der Waals surface area contributed by atoms with Gasteiger partial charge in [0.15, 0.2) is 0 Å². The standard InChI is InChI=1S/C9H8F4N2O2/c10-6-2-8(15(16)17)7(11)1-4(6)5(3-14)9(12)13/h1-2,5,9H,3,14H2. The molecule has 1 aromatic carbocycles. The molecule has 0 heterocycles. The third-order valence-corrected chi connectivity index (χ3v) is 2.22. The van der Waals surface area contributed by atoms with Crippen LogP contribution in [0.15, 0.2) is 12.1 Å². The summed E-state index contributed by atoms with van der Waals surface area (Å²) in [5.41, 5.74) is 3.26. The van der Waals surface area contributed by atoms with Crippen LogP contribution in [0.4, 0.5) is 23.2 Å². The van der Waals surface area contributed by atoms with Crippen molar-refractivity contribution in [3.05, 3.63) is 39.4 Å². The van der Waals surface area contributed by atoms with E-state index >= 15 is 0 Å². The van der Waals surface area contributed by atoms with Crippen molar-refractivity contribution in [3.63, 3.8) is 0 Å². The maximum Gasteiger partial charge on any atom is 0.307 e. The predicted molar refractivity (Wildman–Crippen MR) is 50.8 cm³/mol. The first-order valence-electron chi connectivity index (χ1n) is 4.50. The highest BCUT2D eigenvalue weighted by Crippen LogP contribution is 2.29. The Hall–Kier alpha value is -1.70. The molecule has 94 valence electrons. The van der Waals surface area contributed by atoms with Crippen molar-refractivity contribution in [3.8, 4) is 0 Å². The van der Waals surface area contributed by atoms with Crippen LogP contribution < -0.4 is 5.73 Å². The van der Waals surface area contributed by atoms with Crippen LogP contribution in [0.25, 0.3) is 0 Å². The maximum absolute atomic E-state index is 13.3. The first-order valence-corrected chi connectivity index (χ1v) is 4.50. The van der Waals surface area contributed by atoms with E-state index in [0.717, 1.165) is 0 Å². The number of nitrogens with zero attached hydrogens (tertiary/aromatic N) is 1. The Balaban J connectivity index is 3.28. The Labute approximate surface area is 93.2 Å². The number of hydrogen-bond donors (Lipinski definition) is 1. The quantitative estimate of drug-likeness (QED) is 0.507. The topological polar surface area (TPSA) is 69.2 Å². The normalized spacial score (nSPS) is 12.8. The third-order valence-electron chi connectivity index (χ3n) is 2.22. The zero-order chi connectivity index (χ0) is 13.2. The summed E-state index contributed by atoms with van der Waals surface area (Å²) in [6.45, 7) is -0.591. The number of rotatable bonds is 4. The minimum absolute atomic E-state index is 0.274. The molecule has 0 aromatic heterocycles. The van der Waals surface area contributed by atoms with E-state index < -0.39 is 46.7 Å². The van der Waals surface area contributed by atoms with Crippen LogP contribution in [-0.4, -0.2) is 17.9 Å². The summed E-state index contributed by atoms with van der Waals surface area (Å²) in [4.78, 5) is 9.15. The first-order chi connectivity index (χ1) is 7.88. The molecule has 2 N–H and O–H groups in total. The molecule has 0 aliphatic heterocycles. The number of halogens is 4. The van der Waals surface area contributed by atoms with Gasteiger partial charge < -0.3 is 5.73 Å². The van der Waals surface area contributed by atoms with Crippen LogP contribution >= 0.6 is 0 Å². The van der Waals surface area contributed by atoms with Gasteiger partial charge in [-0.2, -0.15) is 4.39 Å². The average Bonchev–Trinajstić information content (AvgIpc) is 2.22. The van der Waals surface area contributed by atoms with Gasteiger partial charge in [0.25, 0.3) is 0 Å². The molecule has 0 saturated carbocycles. The molecule has 1 atom stereocenters. The Morgan fingerprint density at radius 1 is 1.29 bits per heavy atom. The van der Waals surface area contributed by atoms with Gasteiger partial charge in [-0.15, -0.1) is 0 Å². The Morgan fingerprint density at radius 3 is 2.29 bits per heavy atom. The van der Waals surface area contributed by atoms with Gasteiger partial charge >= 0.3 is 5.69 Å². The second-order valence-electron chi connectivity index (χ2n) is 3.26. The molecule has 4 nitrogen and oxygen atoms in total. The number of benzene rings is 1. The summed E-state index contributed by atoms with van der Waals surface area (Å²) in [6, 6.07) is 0.660. The lowest BCUT2D eigenvalue weighted by Gasteiger charge is -2.14. The molecule has 17 heavy (non-hydrogen) atoms. The molecule has 1 aromatic rings. The molecule has 1 rings (SSSR count). The second kappa shape index (κ2) is 5.09. The van der Waals surface area contributed by atoms with E-state index in [1.165, 1.54) is 0 Å². The fourth-order valence-corrected chi connectivity index (χ4v) is 1.34. The van der Waals surface area contributed by atoms with Gasteiger partial charge in [-0.1, -0.05) is 0 Å². The smallest absolute Gasteiger partial charge is 0.307 e. The Morgan fingerprint density at radius 2 is 1.88 bits per heavy atom. The lowest BCUT2D eigenvalue weighted by Crippen LogP contribution is -2.21. The highest BCUT2D eigenvalue weighted by molar-refractivity contribution is 5.38. The van der Waals surface area contributed by atoms with Gasteiger partial charge in [-0.3, -0.25) is 10.1 Å². The van der Waals surface area contributed by atoms with Crippen molar-refractivity contribution in [1.82, 2.24) is 0 Å². The van der Waals surface area contributed by atoms with E-state index in [1.807, 2.05) is 0 Å². The van der Waals surface area contributed by atoms with Crippen LogP contribution in [0.5, 0.6) is 0 Å². The summed E-state index contributed by atoms with van der Waals surface area (Å²) in [5.74, 6) is -4.33. The summed E-state index contributed by atoms with van der Waals surface area (Å²) in [6.07, 6.45) is -2.98. The predicted octanol–water partition coefficient (Wildman–Crippen LogP) is 2.18. The van der Waals surface area contributed by atoms with Gasteiger partial charge in [-0.05, 0) is 6.07 Å². The summed E-state index contributed by atoms with van der Waals surface area (Å²) >= 11 is 0. The fraction of sp³-hybridized carbons (Fsp3) is 0.333. The molecule has 8 heteroatoms. The van der Waals surface area contributed by atoms with Crippen molar-refractivity contribution in [2.24, 2.45) is 5.73 Å². The molecule has 0 amide bonds. The van der Waals surface area contributed by atoms with Crippen molar-refractivity contribution in [2.45, 2.75) is 12.3 Å². The lowest BCUT2D eigenvalue weighted by molar-refractivity contribution is -0.387. The monoisotopic (exact) mass is 252 g/mol. The minimum Gasteiger partial charge on any atom is -0.330 e. The van der Waals surface area contributed by atoms with Crippen LogP contribution in [0.2, 0.25) is 0 Å². The van der Waals surface area contributed by atoms with Gasteiger partial charge in [0.05, 0.1) is 16.9 Å². The van der Waals surface area contributed by atoms with E-state index in [4.69, 9.17) is 5.73 Å². The molecule has 0 bridgehead atoms. The molecule has 0 spiro atoms. The second-order valence-corrected chi connectivity index (χ2v) is 3.26. The van der Waals surface area contributed by atoms with Gasteiger partial charge in [0.1, 0.15) is 5.82 Å². The molecule has 0 aliphatic carbocycles. The van der Waals surface area contributed by atoms with Crippen LogP contribution in [0.1, 0.15) is 11.5 Å². The molecular weight excluding hydrogens is 244 g/mol. The largest absolute Gasteiger partial charge is 0.330 e. The molecular formula is C9H8F4N2O2. The van der Waals surface area contributed by atoms with E-state index in [-0.39, 0.29) is 6.07 Å². The lowest BCUT2D eigenvalue weighted by atomic mass is 9.98. The fourth-order valence-electron chi connectivity index (χ4n) is 1.34. The molecule has 0 radical (unpaired) electrons. The SMILES string of the molecule is NCC(c1cc(F)c([N+](=O)[O-])cc1F)C(F)F. The van der Waals surface area contributed by atoms with Gasteiger partial charge in [0, 0.05) is 12.1 Å².